The van der Waals surface area contributed by atoms with E-state index in [1.165, 1.54) is 56.1 Å². The summed E-state index contributed by atoms with van der Waals surface area (Å²) in [5.74, 6) is 1.62. The molecule has 0 spiro atoms. The second kappa shape index (κ2) is 12.2. The molecule has 39 heavy (non-hydrogen) atoms. The number of fused-ring (bicyclic) bond motifs is 1. The number of nitrogens with zero attached hydrogens (tertiary/aromatic N) is 4. The third-order valence-electron chi connectivity index (χ3n) is 9.83. The lowest BCUT2D eigenvalue weighted by Crippen LogP contribution is -2.43. The summed E-state index contributed by atoms with van der Waals surface area (Å²) in [5, 5.41) is 18.2. The number of carboxylic acids is 1. The highest BCUT2D eigenvalue weighted by Gasteiger charge is 2.41. The van der Waals surface area contributed by atoms with Crippen LogP contribution in [-0.4, -0.2) is 70.0 Å². The van der Waals surface area contributed by atoms with Crippen LogP contribution in [0.1, 0.15) is 68.4 Å². The molecule has 0 bridgehead atoms. The van der Waals surface area contributed by atoms with E-state index in [9.17, 15) is 9.90 Å². The first-order valence-corrected chi connectivity index (χ1v) is 15.1. The summed E-state index contributed by atoms with van der Waals surface area (Å²) in [6, 6.07) is 16.6. The minimum absolute atomic E-state index is 0.337. The molecule has 6 rings (SSSR count). The van der Waals surface area contributed by atoms with Gasteiger partial charge in [0.1, 0.15) is 17.1 Å². The van der Waals surface area contributed by atoms with Gasteiger partial charge in [0, 0.05) is 25.6 Å². The molecule has 1 aliphatic carbocycles. The van der Waals surface area contributed by atoms with Gasteiger partial charge in [-0.3, -0.25) is 9.69 Å². The van der Waals surface area contributed by atoms with Crippen LogP contribution in [0.4, 0.5) is 0 Å². The van der Waals surface area contributed by atoms with E-state index >= 15 is 0 Å². The molecule has 7 nitrogen and oxygen atoms in total. The number of aryl methyl sites for hydroxylation is 1. The first kappa shape index (κ1) is 26.5. The maximum absolute atomic E-state index is 12.3. The fraction of sp³-hybridized carbons (Fsp3) is 0.594. The van der Waals surface area contributed by atoms with Crippen molar-refractivity contribution in [2.45, 2.75) is 69.7 Å². The number of benzene rings is 2. The molecule has 208 valence electrons. The Kier molecular flexibility index (Phi) is 8.26. The lowest BCUT2D eigenvalue weighted by Gasteiger charge is -2.35. The molecule has 2 aliphatic heterocycles. The van der Waals surface area contributed by atoms with Crippen molar-refractivity contribution in [3.05, 3.63) is 59.7 Å². The van der Waals surface area contributed by atoms with Gasteiger partial charge in [0.05, 0.1) is 0 Å². The van der Waals surface area contributed by atoms with Crippen molar-refractivity contribution in [3.63, 3.8) is 0 Å². The molecule has 7 heteroatoms. The van der Waals surface area contributed by atoms with Crippen LogP contribution in [0.2, 0.25) is 0 Å². The average molecular weight is 531 g/mol. The molecule has 3 heterocycles. The van der Waals surface area contributed by atoms with Crippen LogP contribution in [0.15, 0.2) is 53.2 Å². The lowest BCUT2D eigenvalue weighted by atomic mass is 9.80. The van der Waals surface area contributed by atoms with Gasteiger partial charge in [-0.05, 0) is 90.5 Å². The number of hydrogen-bond donors (Lipinski definition) is 1. The van der Waals surface area contributed by atoms with Crippen LogP contribution in [-0.2, 0) is 11.2 Å². The van der Waals surface area contributed by atoms with Gasteiger partial charge in [-0.1, -0.05) is 68.1 Å². The highest BCUT2D eigenvalue weighted by Crippen LogP contribution is 2.38. The Balaban J connectivity index is 1.03. The first-order valence-electron chi connectivity index (χ1n) is 15.1. The Morgan fingerprint density at radius 1 is 0.974 bits per heavy atom. The highest BCUT2D eigenvalue weighted by molar-refractivity contribution is 5.76. The van der Waals surface area contributed by atoms with Crippen molar-refractivity contribution >= 4 is 17.0 Å². The molecule has 0 unspecified atom stereocenters. The SMILES string of the molecule is O=C(O)[C@@H](CC1CCC1)N1C[C@H](CN2CCC(CCCc3cccc4nonc34)CC2)[C@@H](c2ccccc2)C1. The number of rotatable bonds is 11. The number of hydrogen-bond acceptors (Lipinski definition) is 6. The predicted molar refractivity (Wildman–Crippen MR) is 152 cm³/mol. The number of piperidine rings is 1. The molecule has 2 aromatic carbocycles. The Hall–Kier alpha value is -2.77. The van der Waals surface area contributed by atoms with Crippen molar-refractivity contribution in [1.29, 1.82) is 0 Å². The van der Waals surface area contributed by atoms with Crippen LogP contribution in [0, 0.1) is 17.8 Å². The molecule has 1 saturated carbocycles. The summed E-state index contributed by atoms with van der Waals surface area (Å²) in [6.07, 6.45) is 10.4. The number of aliphatic carboxylic acids is 1. The van der Waals surface area contributed by atoms with Crippen molar-refractivity contribution in [2.24, 2.45) is 17.8 Å². The zero-order valence-corrected chi connectivity index (χ0v) is 23.0. The molecule has 1 N–H and O–H groups in total. The maximum Gasteiger partial charge on any atom is 0.320 e. The second-order valence-corrected chi connectivity index (χ2v) is 12.3. The Labute approximate surface area is 231 Å². The fourth-order valence-electron chi connectivity index (χ4n) is 7.31. The van der Waals surface area contributed by atoms with Gasteiger partial charge in [0.25, 0.3) is 0 Å². The van der Waals surface area contributed by atoms with Crippen molar-refractivity contribution in [1.82, 2.24) is 20.1 Å². The molecule has 3 aliphatic rings. The minimum atomic E-state index is -0.633. The van der Waals surface area contributed by atoms with E-state index in [-0.39, 0.29) is 6.04 Å². The zero-order chi connectivity index (χ0) is 26.6. The van der Waals surface area contributed by atoms with Crippen LogP contribution in [0.25, 0.3) is 11.0 Å². The van der Waals surface area contributed by atoms with E-state index < -0.39 is 5.97 Å². The van der Waals surface area contributed by atoms with Crippen molar-refractivity contribution in [3.8, 4) is 0 Å². The van der Waals surface area contributed by atoms with E-state index in [1.54, 1.807) is 0 Å². The van der Waals surface area contributed by atoms with E-state index in [4.69, 9.17) is 4.63 Å². The molecule has 3 fully saturated rings. The van der Waals surface area contributed by atoms with Gasteiger partial charge >= 0.3 is 5.97 Å². The van der Waals surface area contributed by atoms with E-state index in [0.29, 0.717) is 17.8 Å². The second-order valence-electron chi connectivity index (χ2n) is 12.3. The van der Waals surface area contributed by atoms with E-state index in [2.05, 4.69) is 56.5 Å². The number of carbonyl (C=O) groups is 1. The number of aromatic nitrogens is 2. The Bertz CT molecular complexity index is 1220. The summed E-state index contributed by atoms with van der Waals surface area (Å²) in [4.78, 5) is 17.3. The first-order chi connectivity index (χ1) is 19.1. The average Bonchev–Trinajstić information content (AvgIpc) is 3.57. The molecule has 3 aromatic rings. The third-order valence-corrected chi connectivity index (χ3v) is 9.83. The molecule has 2 saturated heterocycles. The largest absolute Gasteiger partial charge is 0.480 e. The summed E-state index contributed by atoms with van der Waals surface area (Å²) >= 11 is 0. The monoisotopic (exact) mass is 530 g/mol. The normalized spacial score (nSPS) is 24.2. The molecule has 0 radical (unpaired) electrons. The van der Waals surface area contributed by atoms with Crippen LogP contribution in [0.5, 0.6) is 0 Å². The standard InChI is InChI=1S/C32H42N4O3/c37-32(38)30(19-24-8-4-9-24)36-21-27(28(22-36)25-10-2-1-3-11-25)20-35-17-15-23(16-18-35)7-5-12-26-13-6-14-29-31(26)34-39-33-29/h1-3,6,10-11,13-14,23-24,27-28,30H,4-5,7-9,12,15-22H2,(H,37,38)/t27-,28+,30+/m0/s1. The van der Waals surface area contributed by atoms with Crippen LogP contribution >= 0.6 is 0 Å². The quantitative estimate of drug-likeness (QED) is 0.345. The summed E-state index contributed by atoms with van der Waals surface area (Å²) in [6.45, 7) is 5.12. The Morgan fingerprint density at radius 3 is 2.54 bits per heavy atom. The van der Waals surface area contributed by atoms with Crippen LogP contribution < -0.4 is 0 Å². The van der Waals surface area contributed by atoms with Gasteiger partial charge in [-0.25, -0.2) is 4.63 Å². The van der Waals surface area contributed by atoms with Gasteiger partial charge in [-0.15, -0.1) is 0 Å². The zero-order valence-electron chi connectivity index (χ0n) is 23.0. The van der Waals surface area contributed by atoms with Gasteiger partial charge in [-0.2, -0.15) is 0 Å². The number of likely N-dealkylation sites (tertiary alicyclic amines) is 2. The Morgan fingerprint density at radius 2 is 1.79 bits per heavy atom. The smallest absolute Gasteiger partial charge is 0.320 e. The van der Waals surface area contributed by atoms with Crippen LogP contribution in [0.3, 0.4) is 0 Å². The molecule has 0 amide bonds. The predicted octanol–water partition coefficient (Wildman–Crippen LogP) is 5.62. The van der Waals surface area contributed by atoms with Crippen molar-refractivity contribution in [2.75, 3.05) is 32.7 Å². The van der Waals surface area contributed by atoms with Crippen molar-refractivity contribution < 1.29 is 14.5 Å². The lowest BCUT2D eigenvalue weighted by molar-refractivity contribution is -0.144. The molecule has 3 atom stereocenters. The minimum Gasteiger partial charge on any atom is -0.480 e. The summed E-state index contributed by atoms with van der Waals surface area (Å²) in [7, 11) is 0. The van der Waals surface area contributed by atoms with Gasteiger partial charge in [0.2, 0.25) is 0 Å². The summed E-state index contributed by atoms with van der Waals surface area (Å²) < 4.78 is 4.92. The molecular formula is C32H42N4O3. The third kappa shape index (κ3) is 6.20. The fourth-order valence-corrected chi connectivity index (χ4v) is 7.31. The number of carboxylic acid groups (broad SMARTS) is 1. The van der Waals surface area contributed by atoms with Gasteiger partial charge in [0.15, 0.2) is 0 Å². The highest BCUT2D eigenvalue weighted by atomic mass is 16.6. The maximum atomic E-state index is 12.3. The van der Waals surface area contributed by atoms with Gasteiger partial charge < -0.3 is 10.0 Å². The topological polar surface area (TPSA) is 82.7 Å². The molecule has 1 aromatic heterocycles. The molecular weight excluding hydrogens is 488 g/mol. The van der Waals surface area contributed by atoms with E-state index in [0.717, 1.165) is 62.5 Å². The van der Waals surface area contributed by atoms with E-state index in [1.807, 2.05) is 12.1 Å². The summed E-state index contributed by atoms with van der Waals surface area (Å²) in [5.41, 5.74) is 4.35.